The Morgan fingerprint density at radius 3 is 2.06 bits per heavy atom. The highest BCUT2D eigenvalue weighted by Gasteiger charge is 2.26. The van der Waals surface area contributed by atoms with Gasteiger partial charge in [-0.15, -0.1) is 0 Å². The molecular formula is C23H31N3O7S2. The molecule has 192 valence electrons. The van der Waals surface area contributed by atoms with E-state index in [2.05, 4.69) is 5.32 Å². The second kappa shape index (κ2) is 11.3. The number of carbonyl (C=O) groups is 1. The number of nitrogens with zero attached hydrogens (tertiary/aromatic N) is 2. The first-order valence-electron chi connectivity index (χ1n) is 11.2. The Bertz CT molecular complexity index is 1240. The van der Waals surface area contributed by atoms with Crippen molar-refractivity contribution < 1.29 is 31.1 Å². The second-order valence-corrected chi connectivity index (χ2v) is 12.0. The average molecular weight is 526 g/mol. The van der Waals surface area contributed by atoms with Crippen LogP contribution < -0.4 is 19.1 Å². The van der Waals surface area contributed by atoms with Gasteiger partial charge in [-0.05, 0) is 49.2 Å². The Kier molecular flexibility index (Phi) is 8.62. The maximum atomic E-state index is 12.9. The van der Waals surface area contributed by atoms with Gasteiger partial charge in [0, 0.05) is 24.8 Å². The Morgan fingerprint density at radius 2 is 1.51 bits per heavy atom. The van der Waals surface area contributed by atoms with Crippen LogP contribution in [0.3, 0.4) is 0 Å². The van der Waals surface area contributed by atoms with Gasteiger partial charge in [0.15, 0.2) is 11.5 Å². The Hall–Kier alpha value is -2.83. The van der Waals surface area contributed by atoms with Crippen molar-refractivity contribution in [3.8, 4) is 11.5 Å². The summed E-state index contributed by atoms with van der Waals surface area (Å²) in [4.78, 5) is 12.8. The van der Waals surface area contributed by atoms with Crippen LogP contribution in [0.25, 0.3) is 0 Å². The molecule has 0 unspecified atom stereocenters. The molecule has 0 bridgehead atoms. The van der Waals surface area contributed by atoms with Crippen molar-refractivity contribution >= 4 is 37.3 Å². The number of amides is 1. The first-order valence-corrected chi connectivity index (χ1v) is 14.4. The second-order valence-electron chi connectivity index (χ2n) is 8.20. The molecule has 0 aliphatic carbocycles. The van der Waals surface area contributed by atoms with Crippen LogP contribution in [0.1, 0.15) is 25.7 Å². The van der Waals surface area contributed by atoms with E-state index in [4.69, 9.17) is 9.47 Å². The third-order valence-electron chi connectivity index (χ3n) is 5.68. The van der Waals surface area contributed by atoms with Gasteiger partial charge in [0.25, 0.3) is 0 Å². The van der Waals surface area contributed by atoms with E-state index in [-0.39, 0.29) is 10.6 Å². The van der Waals surface area contributed by atoms with Gasteiger partial charge in [0.05, 0.1) is 31.1 Å². The van der Waals surface area contributed by atoms with Crippen LogP contribution in [0.4, 0.5) is 11.4 Å². The summed E-state index contributed by atoms with van der Waals surface area (Å²) in [7, 11) is -4.52. The number of methoxy groups -OCH3 is 2. The van der Waals surface area contributed by atoms with E-state index in [1.807, 2.05) is 0 Å². The van der Waals surface area contributed by atoms with Crippen LogP contribution in [0.2, 0.25) is 0 Å². The summed E-state index contributed by atoms with van der Waals surface area (Å²) in [6, 6.07) is 10.4. The Morgan fingerprint density at radius 1 is 0.914 bits per heavy atom. The van der Waals surface area contributed by atoms with E-state index in [0.717, 1.165) is 36.2 Å². The number of benzene rings is 2. The van der Waals surface area contributed by atoms with Gasteiger partial charge in [-0.1, -0.05) is 12.8 Å². The molecule has 1 aliphatic rings. The molecule has 2 aromatic carbocycles. The molecule has 1 amide bonds. The molecular weight excluding hydrogens is 494 g/mol. The number of rotatable bonds is 9. The van der Waals surface area contributed by atoms with Gasteiger partial charge >= 0.3 is 0 Å². The monoisotopic (exact) mass is 525 g/mol. The predicted molar refractivity (Wildman–Crippen MR) is 134 cm³/mol. The first-order chi connectivity index (χ1) is 16.6. The molecule has 2 aromatic rings. The maximum Gasteiger partial charge on any atom is 0.245 e. The van der Waals surface area contributed by atoms with Gasteiger partial charge < -0.3 is 14.8 Å². The van der Waals surface area contributed by atoms with E-state index in [1.54, 1.807) is 6.07 Å². The zero-order valence-corrected chi connectivity index (χ0v) is 21.7. The highest BCUT2D eigenvalue weighted by atomic mass is 32.2. The van der Waals surface area contributed by atoms with Gasteiger partial charge in [0.1, 0.15) is 6.54 Å². The number of sulfonamides is 2. The normalized spacial score (nSPS) is 15.2. The van der Waals surface area contributed by atoms with Gasteiger partial charge in [-0.2, -0.15) is 4.31 Å². The lowest BCUT2D eigenvalue weighted by molar-refractivity contribution is -0.114. The minimum absolute atomic E-state index is 0.153. The zero-order chi connectivity index (χ0) is 25.6. The van der Waals surface area contributed by atoms with E-state index in [0.29, 0.717) is 30.3 Å². The minimum atomic E-state index is -3.80. The number of anilines is 2. The molecule has 0 radical (unpaired) electrons. The Balaban J connectivity index is 1.74. The molecule has 12 heteroatoms. The summed E-state index contributed by atoms with van der Waals surface area (Å²) in [6.45, 7) is 0.513. The largest absolute Gasteiger partial charge is 0.493 e. The fourth-order valence-electron chi connectivity index (χ4n) is 3.85. The van der Waals surface area contributed by atoms with Gasteiger partial charge in [-0.25, -0.2) is 16.8 Å². The van der Waals surface area contributed by atoms with Crippen molar-refractivity contribution in [2.75, 3.05) is 49.7 Å². The number of hydrogen-bond acceptors (Lipinski definition) is 7. The Labute approximate surface area is 206 Å². The standard InChI is InChI=1S/C23H31N3O7S2/c1-32-21-13-10-19(16-22(21)33-2)26(34(3,28)29)17-23(27)24-18-8-11-20(12-9-18)35(30,31)25-14-6-4-5-7-15-25/h8-13,16H,4-7,14-15,17H2,1-3H3,(H,24,27). The molecule has 1 N–H and O–H groups in total. The molecule has 0 saturated carbocycles. The van der Waals surface area contributed by atoms with Gasteiger partial charge in [0.2, 0.25) is 26.0 Å². The third kappa shape index (κ3) is 6.65. The first kappa shape index (κ1) is 26.8. The lowest BCUT2D eigenvalue weighted by Gasteiger charge is -2.23. The highest BCUT2D eigenvalue weighted by molar-refractivity contribution is 7.92. The van der Waals surface area contributed by atoms with Crippen LogP contribution in [-0.2, 0) is 24.8 Å². The molecule has 0 aromatic heterocycles. The summed E-state index contributed by atoms with van der Waals surface area (Å²) in [5.41, 5.74) is 0.588. The third-order valence-corrected chi connectivity index (χ3v) is 8.74. The van der Waals surface area contributed by atoms with Crippen LogP contribution in [-0.4, -0.2) is 67.2 Å². The highest BCUT2D eigenvalue weighted by Crippen LogP contribution is 2.32. The topological polar surface area (TPSA) is 122 Å². The molecule has 10 nitrogen and oxygen atoms in total. The lowest BCUT2D eigenvalue weighted by Crippen LogP contribution is -2.37. The molecule has 1 aliphatic heterocycles. The molecule has 0 atom stereocenters. The molecule has 1 fully saturated rings. The fourth-order valence-corrected chi connectivity index (χ4v) is 6.22. The van der Waals surface area contributed by atoms with E-state index >= 15 is 0 Å². The van der Waals surface area contributed by atoms with Crippen LogP contribution in [0.5, 0.6) is 11.5 Å². The number of ether oxygens (including phenoxy) is 2. The fraction of sp³-hybridized carbons (Fsp3) is 0.435. The molecule has 1 saturated heterocycles. The van der Waals surface area contributed by atoms with Gasteiger partial charge in [-0.3, -0.25) is 9.10 Å². The van der Waals surface area contributed by atoms with E-state index in [9.17, 15) is 21.6 Å². The SMILES string of the molecule is COc1ccc(N(CC(=O)Nc2ccc(S(=O)(=O)N3CCCCCC3)cc2)S(C)(=O)=O)cc1OC. The van der Waals surface area contributed by atoms with Crippen LogP contribution in [0.15, 0.2) is 47.4 Å². The molecule has 1 heterocycles. The van der Waals surface area contributed by atoms with Crippen molar-refractivity contribution in [2.24, 2.45) is 0 Å². The minimum Gasteiger partial charge on any atom is -0.493 e. The van der Waals surface area contributed by atoms with Crippen LogP contribution >= 0.6 is 0 Å². The summed E-state index contributed by atoms with van der Waals surface area (Å²) >= 11 is 0. The number of carbonyl (C=O) groups excluding carboxylic acids is 1. The number of nitrogens with one attached hydrogen (secondary N) is 1. The molecule has 0 spiro atoms. The summed E-state index contributed by atoms with van der Waals surface area (Å²) in [5.74, 6) is 0.151. The summed E-state index contributed by atoms with van der Waals surface area (Å²) in [6.07, 6.45) is 4.71. The quantitative estimate of drug-likeness (QED) is 0.534. The predicted octanol–water partition coefficient (Wildman–Crippen LogP) is 2.67. The molecule has 3 rings (SSSR count). The average Bonchev–Trinajstić information content (AvgIpc) is 3.12. The van der Waals surface area contributed by atoms with Crippen molar-refractivity contribution in [1.82, 2.24) is 4.31 Å². The van der Waals surface area contributed by atoms with Crippen molar-refractivity contribution in [2.45, 2.75) is 30.6 Å². The van der Waals surface area contributed by atoms with Crippen molar-refractivity contribution in [1.29, 1.82) is 0 Å². The summed E-state index contributed by atoms with van der Waals surface area (Å²) < 4.78 is 63.5. The zero-order valence-electron chi connectivity index (χ0n) is 20.1. The molecule has 35 heavy (non-hydrogen) atoms. The summed E-state index contributed by atoms with van der Waals surface area (Å²) in [5, 5.41) is 2.62. The van der Waals surface area contributed by atoms with E-state index in [1.165, 1.54) is 54.9 Å². The van der Waals surface area contributed by atoms with Crippen molar-refractivity contribution in [3.63, 3.8) is 0 Å². The smallest absolute Gasteiger partial charge is 0.245 e. The van der Waals surface area contributed by atoms with Crippen LogP contribution in [0, 0.1) is 0 Å². The van der Waals surface area contributed by atoms with Crippen molar-refractivity contribution in [3.05, 3.63) is 42.5 Å². The van der Waals surface area contributed by atoms with E-state index < -0.39 is 32.5 Å². The maximum absolute atomic E-state index is 12.9. The lowest BCUT2D eigenvalue weighted by atomic mass is 10.2. The number of hydrogen-bond donors (Lipinski definition) is 1.